The summed E-state index contributed by atoms with van der Waals surface area (Å²) in [5.74, 6) is 0.159. The Labute approximate surface area is 100 Å². The molecule has 1 aromatic carbocycles. The fourth-order valence-corrected chi connectivity index (χ4v) is 2.24. The number of anilines is 1. The molecule has 4 heteroatoms. The van der Waals surface area contributed by atoms with Gasteiger partial charge in [-0.25, -0.2) is 4.39 Å². The first-order chi connectivity index (χ1) is 8.15. The van der Waals surface area contributed by atoms with E-state index in [0.29, 0.717) is 5.92 Å². The Hall–Kier alpha value is -1.42. The highest BCUT2D eigenvalue weighted by Crippen LogP contribution is 2.23. The molecule has 1 amide bonds. The maximum absolute atomic E-state index is 13.2. The molecule has 1 saturated heterocycles. The van der Waals surface area contributed by atoms with Crippen molar-refractivity contribution in [3.05, 3.63) is 29.6 Å². The minimum absolute atomic E-state index is 0.123. The third-order valence-corrected chi connectivity index (χ3v) is 3.05. The second-order valence-corrected chi connectivity index (χ2v) is 4.55. The van der Waals surface area contributed by atoms with Gasteiger partial charge in [-0.15, -0.1) is 0 Å². The molecule has 1 atom stereocenters. The minimum Gasteiger partial charge on any atom is -0.326 e. The number of carbonyl (C=O) groups is 1. The number of rotatable bonds is 3. The molecule has 1 unspecified atom stereocenters. The van der Waals surface area contributed by atoms with E-state index in [4.69, 9.17) is 0 Å². The smallest absolute Gasteiger partial charge is 0.221 e. The van der Waals surface area contributed by atoms with Crippen LogP contribution in [0.5, 0.6) is 0 Å². The Morgan fingerprint density at radius 1 is 1.59 bits per heavy atom. The first-order valence-electron chi connectivity index (χ1n) is 5.92. The number of hydrogen-bond acceptors (Lipinski definition) is 2. The van der Waals surface area contributed by atoms with E-state index < -0.39 is 0 Å². The van der Waals surface area contributed by atoms with Crippen LogP contribution in [0.25, 0.3) is 0 Å². The highest BCUT2D eigenvalue weighted by Gasteiger charge is 2.17. The lowest BCUT2D eigenvalue weighted by atomic mass is 9.97. The molecule has 0 aromatic heterocycles. The van der Waals surface area contributed by atoms with E-state index in [1.807, 2.05) is 0 Å². The Balaban J connectivity index is 2.16. The van der Waals surface area contributed by atoms with Gasteiger partial charge in [0.2, 0.25) is 5.91 Å². The zero-order chi connectivity index (χ0) is 12.3. The van der Waals surface area contributed by atoms with Crippen LogP contribution < -0.4 is 10.6 Å². The normalized spacial score (nSPS) is 19.3. The zero-order valence-corrected chi connectivity index (χ0v) is 9.92. The first kappa shape index (κ1) is 12.0. The predicted molar refractivity (Wildman–Crippen MR) is 65.4 cm³/mol. The van der Waals surface area contributed by atoms with E-state index in [9.17, 15) is 9.18 Å². The third-order valence-electron chi connectivity index (χ3n) is 3.05. The summed E-state index contributed by atoms with van der Waals surface area (Å²) in [5.41, 5.74) is 1.61. The van der Waals surface area contributed by atoms with Crippen LogP contribution in [-0.2, 0) is 11.2 Å². The summed E-state index contributed by atoms with van der Waals surface area (Å²) in [4.78, 5) is 11.1. The van der Waals surface area contributed by atoms with E-state index in [-0.39, 0.29) is 11.7 Å². The number of benzene rings is 1. The van der Waals surface area contributed by atoms with Crippen molar-refractivity contribution in [2.24, 2.45) is 5.92 Å². The summed E-state index contributed by atoms with van der Waals surface area (Å²) in [6.45, 7) is 3.45. The maximum atomic E-state index is 13.2. The quantitative estimate of drug-likeness (QED) is 0.842. The fraction of sp³-hybridized carbons (Fsp3) is 0.462. The van der Waals surface area contributed by atoms with Gasteiger partial charge < -0.3 is 10.6 Å². The standard InChI is InChI=1S/C13H17FN2O/c1-9(17)16-13-3-2-12(14)7-11(13)6-10-4-5-15-8-10/h2-3,7,10,15H,4-6,8H2,1H3,(H,16,17). The summed E-state index contributed by atoms with van der Waals surface area (Å²) in [7, 11) is 0. The molecule has 17 heavy (non-hydrogen) atoms. The lowest BCUT2D eigenvalue weighted by Gasteiger charge is -2.13. The van der Waals surface area contributed by atoms with Crippen LogP contribution in [0.15, 0.2) is 18.2 Å². The van der Waals surface area contributed by atoms with Crippen molar-refractivity contribution in [2.45, 2.75) is 19.8 Å². The molecule has 0 saturated carbocycles. The molecule has 92 valence electrons. The lowest BCUT2D eigenvalue weighted by Crippen LogP contribution is -2.13. The van der Waals surface area contributed by atoms with E-state index in [1.165, 1.54) is 19.1 Å². The van der Waals surface area contributed by atoms with Crippen LogP contribution >= 0.6 is 0 Å². The molecule has 1 aromatic rings. The number of amides is 1. The molecule has 1 aliphatic heterocycles. The molecule has 0 radical (unpaired) electrons. The number of hydrogen-bond donors (Lipinski definition) is 2. The van der Waals surface area contributed by atoms with Gasteiger partial charge in [0.15, 0.2) is 0 Å². The van der Waals surface area contributed by atoms with Gasteiger partial charge in [-0.2, -0.15) is 0 Å². The van der Waals surface area contributed by atoms with Crippen molar-refractivity contribution < 1.29 is 9.18 Å². The van der Waals surface area contributed by atoms with Crippen molar-refractivity contribution in [3.8, 4) is 0 Å². The highest BCUT2D eigenvalue weighted by atomic mass is 19.1. The van der Waals surface area contributed by atoms with Crippen LogP contribution in [0.1, 0.15) is 18.9 Å². The third kappa shape index (κ3) is 3.27. The monoisotopic (exact) mass is 236 g/mol. The van der Waals surface area contributed by atoms with Gasteiger partial charge in [0.25, 0.3) is 0 Å². The summed E-state index contributed by atoms with van der Waals surface area (Å²) in [6.07, 6.45) is 1.91. The molecular formula is C13H17FN2O. The second-order valence-electron chi connectivity index (χ2n) is 4.55. The van der Waals surface area contributed by atoms with Gasteiger partial charge in [-0.3, -0.25) is 4.79 Å². The van der Waals surface area contributed by atoms with E-state index in [1.54, 1.807) is 6.07 Å². The zero-order valence-electron chi connectivity index (χ0n) is 9.92. The molecule has 0 bridgehead atoms. The van der Waals surface area contributed by atoms with Crippen molar-refractivity contribution in [1.29, 1.82) is 0 Å². The van der Waals surface area contributed by atoms with E-state index >= 15 is 0 Å². The Morgan fingerprint density at radius 3 is 3.06 bits per heavy atom. The van der Waals surface area contributed by atoms with Crippen LogP contribution in [0.2, 0.25) is 0 Å². The van der Waals surface area contributed by atoms with Gasteiger partial charge in [0.05, 0.1) is 0 Å². The van der Waals surface area contributed by atoms with Crippen molar-refractivity contribution in [3.63, 3.8) is 0 Å². The Morgan fingerprint density at radius 2 is 2.41 bits per heavy atom. The fourth-order valence-electron chi connectivity index (χ4n) is 2.24. The summed E-state index contributed by atoms with van der Waals surface area (Å²) in [5, 5.41) is 6.03. The SMILES string of the molecule is CC(=O)Nc1ccc(F)cc1CC1CCNC1. The van der Waals surface area contributed by atoms with Gasteiger partial charge in [-0.05, 0) is 55.6 Å². The minimum atomic E-state index is -0.250. The number of nitrogens with one attached hydrogen (secondary N) is 2. The van der Waals surface area contributed by atoms with Crippen molar-refractivity contribution in [1.82, 2.24) is 5.32 Å². The average molecular weight is 236 g/mol. The summed E-state index contributed by atoms with van der Waals surface area (Å²) in [6, 6.07) is 4.53. The van der Waals surface area contributed by atoms with E-state index in [2.05, 4.69) is 10.6 Å². The molecule has 0 aliphatic carbocycles. The second kappa shape index (κ2) is 5.27. The summed E-state index contributed by atoms with van der Waals surface area (Å²) >= 11 is 0. The molecule has 1 fully saturated rings. The summed E-state index contributed by atoms with van der Waals surface area (Å²) < 4.78 is 13.2. The Bertz CT molecular complexity index is 414. The van der Waals surface area contributed by atoms with E-state index in [0.717, 1.165) is 37.2 Å². The first-order valence-corrected chi connectivity index (χ1v) is 5.92. The van der Waals surface area contributed by atoms with Crippen molar-refractivity contribution in [2.75, 3.05) is 18.4 Å². The van der Waals surface area contributed by atoms with Crippen LogP contribution in [-0.4, -0.2) is 19.0 Å². The topological polar surface area (TPSA) is 41.1 Å². The molecule has 3 nitrogen and oxygen atoms in total. The average Bonchev–Trinajstić information content (AvgIpc) is 2.74. The van der Waals surface area contributed by atoms with Crippen LogP contribution in [0.4, 0.5) is 10.1 Å². The van der Waals surface area contributed by atoms with Gasteiger partial charge in [0.1, 0.15) is 5.82 Å². The lowest BCUT2D eigenvalue weighted by molar-refractivity contribution is -0.114. The highest BCUT2D eigenvalue weighted by molar-refractivity contribution is 5.89. The molecule has 1 aliphatic rings. The Kier molecular flexibility index (Phi) is 3.74. The van der Waals surface area contributed by atoms with Gasteiger partial charge >= 0.3 is 0 Å². The molecule has 2 rings (SSSR count). The molecular weight excluding hydrogens is 219 g/mol. The van der Waals surface area contributed by atoms with Gasteiger partial charge in [0, 0.05) is 12.6 Å². The van der Waals surface area contributed by atoms with Crippen LogP contribution in [0, 0.1) is 11.7 Å². The molecule has 2 N–H and O–H groups in total. The maximum Gasteiger partial charge on any atom is 0.221 e. The molecule has 0 spiro atoms. The number of carbonyl (C=O) groups excluding carboxylic acids is 1. The molecule has 1 heterocycles. The van der Waals surface area contributed by atoms with Crippen molar-refractivity contribution >= 4 is 11.6 Å². The van der Waals surface area contributed by atoms with Crippen LogP contribution in [0.3, 0.4) is 0 Å². The largest absolute Gasteiger partial charge is 0.326 e. The predicted octanol–water partition coefficient (Wildman–Crippen LogP) is 1.94. The van der Waals surface area contributed by atoms with Gasteiger partial charge in [-0.1, -0.05) is 0 Å². The number of halogens is 1.